The molecule has 1 fully saturated rings. The lowest BCUT2D eigenvalue weighted by molar-refractivity contribution is 0.315. The topological polar surface area (TPSA) is 55.6 Å². The Morgan fingerprint density at radius 1 is 1.26 bits per heavy atom. The third kappa shape index (κ3) is 4.90. The van der Waals surface area contributed by atoms with Crippen LogP contribution in [0.5, 0.6) is 0 Å². The van der Waals surface area contributed by atoms with Gasteiger partial charge in [0.1, 0.15) is 0 Å². The van der Waals surface area contributed by atoms with Gasteiger partial charge in [0.15, 0.2) is 5.82 Å². The van der Waals surface area contributed by atoms with Gasteiger partial charge in [0.05, 0.1) is 6.54 Å². The average molecular weight is 265 g/mol. The van der Waals surface area contributed by atoms with Crippen LogP contribution in [0.15, 0.2) is 0 Å². The Morgan fingerprint density at radius 3 is 2.79 bits per heavy atom. The van der Waals surface area contributed by atoms with Crippen molar-refractivity contribution in [3.63, 3.8) is 0 Å². The van der Waals surface area contributed by atoms with E-state index in [2.05, 4.69) is 34.7 Å². The molecule has 1 aromatic heterocycles. The van der Waals surface area contributed by atoms with E-state index in [0.29, 0.717) is 5.92 Å². The zero-order chi connectivity index (χ0) is 13.5. The molecule has 1 N–H and O–H groups in total. The van der Waals surface area contributed by atoms with Gasteiger partial charge < -0.3 is 5.32 Å². The minimum atomic E-state index is 0.659. The molecule has 1 heterocycles. The molecule has 108 valence electrons. The highest BCUT2D eigenvalue weighted by atomic mass is 15.5. The van der Waals surface area contributed by atoms with Gasteiger partial charge in [0.2, 0.25) is 0 Å². The van der Waals surface area contributed by atoms with Crippen molar-refractivity contribution in [2.24, 2.45) is 11.8 Å². The Bertz CT molecular complexity index is 354. The third-order valence-electron chi connectivity index (χ3n) is 3.92. The minimum Gasteiger partial charge on any atom is -0.310 e. The van der Waals surface area contributed by atoms with Gasteiger partial charge in [-0.3, -0.25) is 0 Å². The molecule has 2 rings (SSSR count). The molecule has 1 aromatic rings. The lowest BCUT2D eigenvalue weighted by Gasteiger charge is -2.21. The smallest absolute Gasteiger partial charge is 0.165 e. The zero-order valence-electron chi connectivity index (χ0n) is 12.3. The molecule has 0 bridgehead atoms. The predicted molar refractivity (Wildman–Crippen MR) is 75.6 cm³/mol. The number of hydrogen-bond acceptors (Lipinski definition) is 4. The second-order valence-electron chi connectivity index (χ2n) is 6.14. The van der Waals surface area contributed by atoms with Crippen LogP contribution in [0.2, 0.25) is 0 Å². The molecule has 0 unspecified atom stereocenters. The molecule has 1 aliphatic carbocycles. The second-order valence-corrected chi connectivity index (χ2v) is 6.14. The molecular formula is C14H27N5. The summed E-state index contributed by atoms with van der Waals surface area (Å²) in [6.45, 7) is 7.17. The maximum absolute atomic E-state index is 4.12. The molecule has 0 aromatic carbocycles. The van der Waals surface area contributed by atoms with Gasteiger partial charge in [-0.1, -0.05) is 46.0 Å². The third-order valence-corrected chi connectivity index (χ3v) is 3.92. The van der Waals surface area contributed by atoms with Crippen LogP contribution in [0.1, 0.15) is 58.2 Å². The first-order chi connectivity index (χ1) is 9.25. The fourth-order valence-corrected chi connectivity index (χ4v) is 2.78. The Kier molecular flexibility index (Phi) is 5.76. The van der Waals surface area contributed by atoms with Crippen molar-refractivity contribution in [1.82, 2.24) is 25.5 Å². The standard InChI is InChI=1S/C14H27N5/c1-12(2)10-15-11-14-16-17-18-19(14)9-8-13-6-4-3-5-7-13/h12-13,15H,3-11H2,1-2H3. The van der Waals surface area contributed by atoms with Crippen molar-refractivity contribution >= 4 is 0 Å². The zero-order valence-corrected chi connectivity index (χ0v) is 12.3. The predicted octanol–water partition coefficient (Wildman–Crippen LogP) is 2.39. The summed E-state index contributed by atoms with van der Waals surface area (Å²) in [5.74, 6) is 2.51. The van der Waals surface area contributed by atoms with Crippen LogP contribution in [0.3, 0.4) is 0 Å². The van der Waals surface area contributed by atoms with Crippen LogP contribution in [0.4, 0.5) is 0 Å². The van der Waals surface area contributed by atoms with E-state index in [-0.39, 0.29) is 0 Å². The molecule has 0 saturated heterocycles. The molecule has 0 atom stereocenters. The van der Waals surface area contributed by atoms with E-state index in [9.17, 15) is 0 Å². The minimum absolute atomic E-state index is 0.659. The van der Waals surface area contributed by atoms with Gasteiger partial charge in [-0.05, 0) is 35.2 Å². The summed E-state index contributed by atoms with van der Waals surface area (Å²) >= 11 is 0. The van der Waals surface area contributed by atoms with Crippen molar-refractivity contribution in [3.05, 3.63) is 5.82 Å². The second kappa shape index (κ2) is 7.58. The number of hydrogen-bond donors (Lipinski definition) is 1. The van der Waals surface area contributed by atoms with E-state index in [1.165, 1.54) is 38.5 Å². The fraction of sp³-hybridized carbons (Fsp3) is 0.929. The lowest BCUT2D eigenvalue weighted by atomic mass is 9.87. The number of nitrogens with zero attached hydrogens (tertiary/aromatic N) is 4. The van der Waals surface area contributed by atoms with Gasteiger partial charge >= 0.3 is 0 Å². The summed E-state index contributed by atoms with van der Waals surface area (Å²) in [6.07, 6.45) is 8.24. The highest BCUT2D eigenvalue weighted by Gasteiger charge is 2.14. The first kappa shape index (κ1) is 14.4. The van der Waals surface area contributed by atoms with E-state index in [1.54, 1.807) is 0 Å². The highest BCUT2D eigenvalue weighted by Crippen LogP contribution is 2.26. The van der Waals surface area contributed by atoms with Crippen molar-refractivity contribution in [2.45, 2.75) is 65.5 Å². The van der Waals surface area contributed by atoms with Crippen LogP contribution in [0, 0.1) is 11.8 Å². The molecule has 0 radical (unpaired) electrons. The molecule has 19 heavy (non-hydrogen) atoms. The monoisotopic (exact) mass is 265 g/mol. The van der Waals surface area contributed by atoms with Crippen molar-refractivity contribution in [3.8, 4) is 0 Å². The van der Waals surface area contributed by atoms with Gasteiger partial charge in [-0.2, -0.15) is 0 Å². The van der Waals surface area contributed by atoms with E-state index in [1.807, 2.05) is 4.68 Å². The number of rotatable bonds is 7. The summed E-state index contributed by atoms with van der Waals surface area (Å²) in [5, 5.41) is 15.4. The molecule has 5 heteroatoms. The van der Waals surface area contributed by atoms with Crippen LogP contribution >= 0.6 is 0 Å². The van der Waals surface area contributed by atoms with Gasteiger partial charge in [0, 0.05) is 6.54 Å². The Hall–Kier alpha value is -0.970. The van der Waals surface area contributed by atoms with Crippen molar-refractivity contribution < 1.29 is 0 Å². The van der Waals surface area contributed by atoms with Gasteiger partial charge in [-0.15, -0.1) is 5.10 Å². The summed E-state index contributed by atoms with van der Waals surface area (Å²) in [6, 6.07) is 0. The summed E-state index contributed by atoms with van der Waals surface area (Å²) in [7, 11) is 0. The maximum atomic E-state index is 4.12. The van der Waals surface area contributed by atoms with Crippen molar-refractivity contribution in [1.29, 1.82) is 0 Å². The highest BCUT2D eigenvalue weighted by molar-refractivity contribution is 4.80. The molecule has 0 spiro atoms. The van der Waals surface area contributed by atoms with E-state index in [0.717, 1.165) is 31.4 Å². The average Bonchev–Trinajstić information content (AvgIpc) is 2.85. The first-order valence-corrected chi connectivity index (χ1v) is 7.71. The fourth-order valence-electron chi connectivity index (χ4n) is 2.78. The molecule has 0 amide bonds. The largest absolute Gasteiger partial charge is 0.310 e. The van der Waals surface area contributed by atoms with E-state index >= 15 is 0 Å². The molecule has 1 aliphatic rings. The van der Waals surface area contributed by atoms with Gasteiger partial charge in [0.25, 0.3) is 0 Å². The van der Waals surface area contributed by atoms with Gasteiger partial charge in [-0.25, -0.2) is 4.68 Å². The van der Waals surface area contributed by atoms with Crippen LogP contribution < -0.4 is 5.32 Å². The first-order valence-electron chi connectivity index (χ1n) is 7.71. The quantitative estimate of drug-likeness (QED) is 0.822. The van der Waals surface area contributed by atoms with Crippen LogP contribution in [0.25, 0.3) is 0 Å². The van der Waals surface area contributed by atoms with Crippen LogP contribution in [-0.2, 0) is 13.1 Å². The maximum Gasteiger partial charge on any atom is 0.165 e. The SMILES string of the molecule is CC(C)CNCc1nnnn1CCC1CCCCC1. The Labute approximate surface area is 116 Å². The van der Waals surface area contributed by atoms with Crippen LogP contribution in [-0.4, -0.2) is 26.8 Å². The summed E-state index contributed by atoms with van der Waals surface area (Å²) in [5.41, 5.74) is 0. The Balaban J connectivity index is 1.75. The molecule has 5 nitrogen and oxygen atoms in total. The number of aromatic nitrogens is 4. The number of nitrogens with one attached hydrogen (secondary N) is 1. The molecule has 1 saturated carbocycles. The summed E-state index contributed by atoms with van der Waals surface area (Å²) < 4.78 is 1.97. The van der Waals surface area contributed by atoms with E-state index in [4.69, 9.17) is 0 Å². The molecular weight excluding hydrogens is 238 g/mol. The number of tetrazole rings is 1. The van der Waals surface area contributed by atoms with Crippen molar-refractivity contribution in [2.75, 3.05) is 6.54 Å². The summed E-state index contributed by atoms with van der Waals surface area (Å²) in [4.78, 5) is 0. The molecule has 0 aliphatic heterocycles. The lowest BCUT2D eigenvalue weighted by Crippen LogP contribution is -2.22. The number of aryl methyl sites for hydroxylation is 1. The Morgan fingerprint density at radius 2 is 2.05 bits per heavy atom. The van der Waals surface area contributed by atoms with E-state index < -0.39 is 0 Å². The normalized spacial score (nSPS) is 17.2.